The number of nitrogens with zero attached hydrogens (tertiary/aromatic N) is 2. The third kappa shape index (κ3) is 11.7. The van der Waals surface area contributed by atoms with E-state index in [2.05, 4.69) is 46.8 Å². The van der Waals surface area contributed by atoms with Gasteiger partial charge in [0.25, 0.3) is 0 Å². The zero-order valence-corrected chi connectivity index (χ0v) is 20.7. The fourth-order valence-electron chi connectivity index (χ4n) is 3.39. The molecule has 1 saturated heterocycles. The lowest BCUT2D eigenvalue weighted by Crippen LogP contribution is -2.38. The SMILES string of the molecule is CCNC(=NCCCN1CCCCCC1=O)NCCCOCCc1ccccc1.I. The predicted octanol–water partition coefficient (Wildman–Crippen LogP) is 3.60. The van der Waals surface area contributed by atoms with Crippen molar-refractivity contribution in [2.45, 2.75) is 51.9 Å². The first-order valence-corrected chi connectivity index (χ1v) is 11.2. The van der Waals surface area contributed by atoms with E-state index in [9.17, 15) is 4.79 Å². The van der Waals surface area contributed by atoms with E-state index in [0.717, 1.165) is 84.0 Å². The van der Waals surface area contributed by atoms with Crippen LogP contribution in [0.3, 0.4) is 0 Å². The van der Waals surface area contributed by atoms with Crippen LogP contribution < -0.4 is 10.6 Å². The molecule has 1 heterocycles. The van der Waals surface area contributed by atoms with E-state index in [1.807, 2.05) is 11.0 Å². The van der Waals surface area contributed by atoms with Crippen LogP contribution in [0.4, 0.5) is 0 Å². The molecule has 7 heteroatoms. The molecule has 1 aliphatic heterocycles. The number of hydrogen-bond acceptors (Lipinski definition) is 3. The Hall–Kier alpha value is -1.35. The fraction of sp³-hybridized carbons (Fsp3) is 0.652. The maximum atomic E-state index is 12.0. The number of benzene rings is 1. The highest BCUT2D eigenvalue weighted by atomic mass is 127. The minimum absolute atomic E-state index is 0. The molecule has 2 rings (SSSR count). The van der Waals surface area contributed by atoms with Gasteiger partial charge >= 0.3 is 0 Å². The topological polar surface area (TPSA) is 66.0 Å². The van der Waals surface area contributed by atoms with Gasteiger partial charge in [0.15, 0.2) is 5.96 Å². The molecule has 0 radical (unpaired) electrons. The average molecular weight is 530 g/mol. The second-order valence-electron chi connectivity index (χ2n) is 7.43. The van der Waals surface area contributed by atoms with E-state index in [-0.39, 0.29) is 24.0 Å². The van der Waals surface area contributed by atoms with Gasteiger partial charge < -0.3 is 20.3 Å². The number of hydrogen-bond donors (Lipinski definition) is 2. The molecule has 1 aliphatic rings. The zero-order valence-electron chi connectivity index (χ0n) is 18.4. The molecular formula is C23H39IN4O2. The molecule has 0 aliphatic carbocycles. The summed E-state index contributed by atoms with van der Waals surface area (Å²) < 4.78 is 5.73. The molecular weight excluding hydrogens is 491 g/mol. The summed E-state index contributed by atoms with van der Waals surface area (Å²) in [4.78, 5) is 18.7. The highest BCUT2D eigenvalue weighted by Crippen LogP contribution is 2.11. The monoisotopic (exact) mass is 530 g/mol. The molecule has 6 nitrogen and oxygen atoms in total. The highest BCUT2D eigenvalue weighted by Gasteiger charge is 2.15. The zero-order chi connectivity index (χ0) is 20.6. The number of rotatable bonds is 12. The Balaban J connectivity index is 0.00000450. The van der Waals surface area contributed by atoms with Gasteiger partial charge in [-0.05, 0) is 44.6 Å². The Bertz CT molecular complexity index is 598. The summed E-state index contributed by atoms with van der Waals surface area (Å²) in [5, 5.41) is 6.65. The van der Waals surface area contributed by atoms with E-state index in [1.165, 1.54) is 12.0 Å². The lowest BCUT2D eigenvalue weighted by molar-refractivity contribution is -0.130. The van der Waals surface area contributed by atoms with E-state index >= 15 is 0 Å². The Morgan fingerprint density at radius 3 is 2.73 bits per heavy atom. The van der Waals surface area contributed by atoms with Crippen molar-refractivity contribution in [2.24, 2.45) is 4.99 Å². The van der Waals surface area contributed by atoms with Crippen LogP contribution in [0.5, 0.6) is 0 Å². The number of carbonyl (C=O) groups excluding carboxylic acids is 1. The molecule has 170 valence electrons. The third-order valence-corrected chi connectivity index (χ3v) is 5.01. The normalized spacial score (nSPS) is 14.8. The Labute approximate surface area is 199 Å². The molecule has 1 aromatic carbocycles. The number of halogens is 1. The highest BCUT2D eigenvalue weighted by molar-refractivity contribution is 14.0. The molecule has 0 bridgehead atoms. The summed E-state index contributed by atoms with van der Waals surface area (Å²) in [6, 6.07) is 10.4. The van der Waals surface area contributed by atoms with Crippen LogP contribution >= 0.6 is 24.0 Å². The van der Waals surface area contributed by atoms with E-state index in [4.69, 9.17) is 4.74 Å². The first-order chi connectivity index (χ1) is 14.3. The Morgan fingerprint density at radius 2 is 1.93 bits per heavy atom. The number of guanidine groups is 1. The number of ether oxygens (including phenoxy) is 1. The summed E-state index contributed by atoms with van der Waals surface area (Å²) >= 11 is 0. The van der Waals surface area contributed by atoms with E-state index in [1.54, 1.807) is 0 Å². The molecule has 0 spiro atoms. The summed E-state index contributed by atoms with van der Waals surface area (Å²) in [6.45, 7) is 7.70. The van der Waals surface area contributed by atoms with Gasteiger partial charge in [-0.3, -0.25) is 9.79 Å². The smallest absolute Gasteiger partial charge is 0.222 e. The predicted molar refractivity (Wildman–Crippen MR) is 135 cm³/mol. The molecule has 0 atom stereocenters. The van der Waals surface area contributed by atoms with Crippen LogP contribution in [0.15, 0.2) is 35.3 Å². The fourth-order valence-corrected chi connectivity index (χ4v) is 3.39. The van der Waals surface area contributed by atoms with Gasteiger partial charge in [0, 0.05) is 45.8 Å². The largest absolute Gasteiger partial charge is 0.381 e. The second-order valence-corrected chi connectivity index (χ2v) is 7.43. The number of carbonyl (C=O) groups is 1. The molecule has 1 aromatic rings. The average Bonchev–Trinajstić information content (AvgIpc) is 2.95. The molecule has 1 fully saturated rings. The number of aliphatic imine (C=N–C) groups is 1. The number of amides is 1. The second kappa shape index (κ2) is 17.3. The molecule has 30 heavy (non-hydrogen) atoms. The van der Waals surface area contributed by atoms with Crippen LogP contribution in [0.25, 0.3) is 0 Å². The summed E-state index contributed by atoms with van der Waals surface area (Å²) in [7, 11) is 0. The van der Waals surface area contributed by atoms with Crippen LogP contribution in [0.2, 0.25) is 0 Å². The number of likely N-dealkylation sites (tertiary alicyclic amines) is 1. The van der Waals surface area contributed by atoms with Crippen molar-refractivity contribution in [1.29, 1.82) is 0 Å². The molecule has 0 unspecified atom stereocenters. The maximum absolute atomic E-state index is 12.0. The van der Waals surface area contributed by atoms with Crippen molar-refractivity contribution in [3.8, 4) is 0 Å². The van der Waals surface area contributed by atoms with Crippen LogP contribution in [0.1, 0.15) is 51.0 Å². The van der Waals surface area contributed by atoms with Crippen molar-refractivity contribution in [3.05, 3.63) is 35.9 Å². The van der Waals surface area contributed by atoms with Gasteiger partial charge in [-0.2, -0.15) is 0 Å². The lowest BCUT2D eigenvalue weighted by Gasteiger charge is -2.20. The lowest BCUT2D eigenvalue weighted by atomic mass is 10.2. The van der Waals surface area contributed by atoms with Gasteiger partial charge in [0.2, 0.25) is 5.91 Å². The van der Waals surface area contributed by atoms with Crippen molar-refractivity contribution in [3.63, 3.8) is 0 Å². The van der Waals surface area contributed by atoms with Crippen molar-refractivity contribution in [2.75, 3.05) is 45.9 Å². The Morgan fingerprint density at radius 1 is 1.10 bits per heavy atom. The van der Waals surface area contributed by atoms with E-state index < -0.39 is 0 Å². The van der Waals surface area contributed by atoms with Gasteiger partial charge in [-0.25, -0.2) is 0 Å². The third-order valence-electron chi connectivity index (χ3n) is 5.01. The van der Waals surface area contributed by atoms with Gasteiger partial charge in [-0.15, -0.1) is 24.0 Å². The van der Waals surface area contributed by atoms with Crippen molar-refractivity contribution >= 4 is 35.8 Å². The first kappa shape index (κ1) is 26.7. The van der Waals surface area contributed by atoms with Gasteiger partial charge in [-0.1, -0.05) is 36.8 Å². The summed E-state index contributed by atoms with van der Waals surface area (Å²) in [5.41, 5.74) is 1.31. The van der Waals surface area contributed by atoms with E-state index in [0.29, 0.717) is 12.3 Å². The van der Waals surface area contributed by atoms with Gasteiger partial charge in [0.1, 0.15) is 0 Å². The standard InChI is InChI=1S/C23H38N4O2.HI/c1-2-24-23(25-15-9-18-27-17-8-4-7-13-22(27)28)26-16-10-19-29-20-14-21-11-5-3-6-12-21;/h3,5-6,11-12H,2,4,7-10,13-20H2,1H3,(H2,24,25,26);1H. The Kier molecular flexibility index (Phi) is 15.4. The molecule has 0 aromatic heterocycles. The minimum atomic E-state index is 0. The van der Waals surface area contributed by atoms with Crippen LogP contribution in [-0.2, 0) is 16.0 Å². The summed E-state index contributed by atoms with van der Waals surface area (Å²) in [5.74, 6) is 1.16. The quantitative estimate of drug-likeness (QED) is 0.188. The van der Waals surface area contributed by atoms with Crippen LogP contribution in [0, 0.1) is 0 Å². The molecule has 0 saturated carbocycles. The van der Waals surface area contributed by atoms with Crippen molar-refractivity contribution in [1.82, 2.24) is 15.5 Å². The maximum Gasteiger partial charge on any atom is 0.222 e. The van der Waals surface area contributed by atoms with Gasteiger partial charge in [0.05, 0.1) is 6.61 Å². The number of nitrogens with one attached hydrogen (secondary N) is 2. The first-order valence-electron chi connectivity index (χ1n) is 11.2. The molecule has 2 N–H and O–H groups in total. The van der Waals surface area contributed by atoms with Crippen molar-refractivity contribution < 1.29 is 9.53 Å². The minimum Gasteiger partial charge on any atom is -0.381 e. The summed E-state index contributed by atoms with van der Waals surface area (Å²) in [6.07, 6.45) is 6.86. The van der Waals surface area contributed by atoms with Crippen LogP contribution in [-0.4, -0.2) is 62.7 Å². The molecule has 1 amide bonds.